The van der Waals surface area contributed by atoms with E-state index in [9.17, 15) is 15.3 Å². The van der Waals surface area contributed by atoms with E-state index in [0.717, 1.165) is 13.0 Å². The molecule has 5 N–H and O–H groups in total. The first-order valence-corrected chi connectivity index (χ1v) is 14.0. The Balaban J connectivity index is 1.97. The van der Waals surface area contributed by atoms with Gasteiger partial charge in [0.1, 0.15) is 18.3 Å². The van der Waals surface area contributed by atoms with Gasteiger partial charge in [-0.3, -0.25) is 0 Å². The monoisotopic (exact) mass is 489 g/mol. The van der Waals surface area contributed by atoms with Crippen LogP contribution in [0.15, 0.2) is 0 Å². The van der Waals surface area contributed by atoms with E-state index in [1.807, 2.05) is 0 Å². The van der Waals surface area contributed by atoms with E-state index in [1.54, 1.807) is 7.11 Å². The Hall–Kier alpha value is -0.280. The molecule has 0 aromatic rings. The van der Waals surface area contributed by atoms with Crippen LogP contribution in [-0.4, -0.2) is 78.8 Å². The Morgan fingerprint density at radius 1 is 0.794 bits per heavy atom. The van der Waals surface area contributed by atoms with Crippen LogP contribution < -0.4 is 5.73 Å². The number of ether oxygens (including phenoxy) is 3. The molecule has 0 unspecified atom stereocenters. The minimum Gasteiger partial charge on any atom is -0.394 e. The molecule has 1 aliphatic heterocycles. The molecule has 0 aromatic carbocycles. The van der Waals surface area contributed by atoms with Gasteiger partial charge in [0.05, 0.1) is 31.5 Å². The predicted octanol–water partition coefficient (Wildman–Crippen LogP) is 4.09. The van der Waals surface area contributed by atoms with Crippen molar-refractivity contribution < 1.29 is 29.5 Å². The topological polar surface area (TPSA) is 114 Å². The van der Waals surface area contributed by atoms with Crippen LogP contribution in [-0.2, 0) is 14.2 Å². The number of unbranched alkanes of at least 4 members (excludes halogenated alkanes) is 13. The summed E-state index contributed by atoms with van der Waals surface area (Å²) in [7, 11) is 1.66. The molecule has 0 bridgehead atoms. The molecule has 1 rings (SSSR count). The SMILES string of the molecule is CCCCCCCCCCCCCCCCOC[C@H](CC[C@@H]1O[C@H](CO)[C@@H](O)[C@H](O)[C@H]1N)OC. The van der Waals surface area contributed by atoms with Crippen molar-refractivity contribution in [3.8, 4) is 0 Å². The molecule has 0 amide bonds. The third-order valence-corrected chi connectivity index (χ3v) is 7.14. The maximum Gasteiger partial charge on any atom is 0.110 e. The second kappa shape index (κ2) is 20.9. The maximum absolute atomic E-state index is 10.1. The molecule has 7 heteroatoms. The Kier molecular flexibility index (Phi) is 19.5. The van der Waals surface area contributed by atoms with Gasteiger partial charge >= 0.3 is 0 Å². The first-order valence-electron chi connectivity index (χ1n) is 14.0. The largest absolute Gasteiger partial charge is 0.394 e. The molecule has 34 heavy (non-hydrogen) atoms. The molecule has 0 spiro atoms. The van der Waals surface area contributed by atoms with Gasteiger partial charge in [-0.05, 0) is 19.3 Å². The minimum absolute atomic E-state index is 0.0704. The van der Waals surface area contributed by atoms with Crippen LogP contribution in [0.5, 0.6) is 0 Å². The zero-order valence-electron chi connectivity index (χ0n) is 22.0. The fourth-order valence-electron chi connectivity index (χ4n) is 4.71. The molecule has 7 nitrogen and oxygen atoms in total. The summed E-state index contributed by atoms with van der Waals surface area (Å²) in [4.78, 5) is 0. The molecule has 0 radical (unpaired) electrons. The van der Waals surface area contributed by atoms with Crippen LogP contribution in [0.4, 0.5) is 0 Å². The maximum atomic E-state index is 10.1. The highest BCUT2D eigenvalue weighted by molar-refractivity contribution is 4.94. The Morgan fingerprint density at radius 2 is 1.32 bits per heavy atom. The number of hydrogen-bond donors (Lipinski definition) is 4. The third-order valence-electron chi connectivity index (χ3n) is 7.14. The van der Waals surface area contributed by atoms with Gasteiger partial charge in [0.15, 0.2) is 0 Å². The van der Waals surface area contributed by atoms with E-state index in [-0.39, 0.29) is 12.7 Å². The first-order chi connectivity index (χ1) is 16.5. The molecule has 1 saturated heterocycles. The van der Waals surface area contributed by atoms with Gasteiger partial charge in [-0.15, -0.1) is 0 Å². The van der Waals surface area contributed by atoms with Crippen LogP contribution in [0.2, 0.25) is 0 Å². The number of rotatable bonds is 22. The van der Waals surface area contributed by atoms with E-state index in [1.165, 1.54) is 83.5 Å². The average Bonchev–Trinajstić information content (AvgIpc) is 2.85. The fourth-order valence-corrected chi connectivity index (χ4v) is 4.71. The van der Waals surface area contributed by atoms with Crippen LogP contribution in [0.3, 0.4) is 0 Å². The van der Waals surface area contributed by atoms with Crippen molar-refractivity contribution in [2.75, 3.05) is 26.9 Å². The first kappa shape index (κ1) is 31.7. The Bertz CT molecular complexity index is 453. The molecular formula is C27H55NO6. The number of nitrogens with two attached hydrogens (primary N) is 1. The summed E-state index contributed by atoms with van der Waals surface area (Å²) < 4.78 is 17.0. The van der Waals surface area contributed by atoms with Gasteiger partial charge in [0.2, 0.25) is 0 Å². The normalized spacial score (nSPS) is 26.1. The van der Waals surface area contributed by atoms with Crippen LogP contribution in [0.25, 0.3) is 0 Å². The minimum atomic E-state index is -1.16. The summed E-state index contributed by atoms with van der Waals surface area (Å²) in [5.41, 5.74) is 6.01. The number of aliphatic hydroxyl groups is 3. The van der Waals surface area contributed by atoms with Gasteiger partial charge in [0.25, 0.3) is 0 Å². The summed E-state index contributed by atoms with van der Waals surface area (Å²) in [6.45, 7) is 3.19. The number of methoxy groups -OCH3 is 1. The molecule has 1 heterocycles. The summed E-state index contributed by atoms with van der Waals surface area (Å²) in [5.74, 6) is 0. The van der Waals surface area contributed by atoms with Crippen LogP contribution >= 0.6 is 0 Å². The molecule has 1 fully saturated rings. The fraction of sp³-hybridized carbons (Fsp3) is 1.00. The lowest BCUT2D eigenvalue weighted by molar-refractivity contribution is -0.191. The van der Waals surface area contributed by atoms with Crippen molar-refractivity contribution in [2.24, 2.45) is 5.73 Å². The van der Waals surface area contributed by atoms with Gasteiger partial charge in [-0.25, -0.2) is 0 Å². The summed E-state index contributed by atoms with van der Waals surface area (Å²) in [5, 5.41) is 29.3. The van der Waals surface area contributed by atoms with E-state index < -0.39 is 30.5 Å². The lowest BCUT2D eigenvalue weighted by atomic mass is 9.91. The highest BCUT2D eigenvalue weighted by Gasteiger charge is 2.42. The standard InChI is InChI=1S/C27H55NO6/c1-3-4-5-6-7-8-9-10-11-12-13-14-15-16-19-33-21-22(32-2)17-18-23-25(28)27(31)26(30)24(20-29)34-23/h22-27,29-31H,3-21,28H2,1-2H3/t22-,23-,24+,25-,26+,27+/m0/s1. The third kappa shape index (κ3) is 13.7. The van der Waals surface area contributed by atoms with Crippen molar-refractivity contribution in [1.82, 2.24) is 0 Å². The molecule has 0 aliphatic carbocycles. The second-order valence-electron chi connectivity index (χ2n) is 10.1. The van der Waals surface area contributed by atoms with Crippen molar-refractivity contribution in [2.45, 2.75) is 146 Å². The van der Waals surface area contributed by atoms with Gasteiger partial charge in [0, 0.05) is 13.7 Å². The number of hydrogen-bond acceptors (Lipinski definition) is 7. The van der Waals surface area contributed by atoms with Crippen LogP contribution in [0.1, 0.15) is 110 Å². The van der Waals surface area contributed by atoms with Crippen molar-refractivity contribution in [3.63, 3.8) is 0 Å². The van der Waals surface area contributed by atoms with Crippen LogP contribution in [0, 0.1) is 0 Å². The van der Waals surface area contributed by atoms with E-state index in [4.69, 9.17) is 19.9 Å². The summed E-state index contributed by atoms with van der Waals surface area (Å²) in [6, 6.07) is -0.688. The zero-order valence-corrected chi connectivity index (χ0v) is 22.0. The molecule has 1 aliphatic rings. The zero-order chi connectivity index (χ0) is 25.0. The van der Waals surface area contributed by atoms with Gasteiger partial charge < -0.3 is 35.3 Å². The van der Waals surface area contributed by atoms with Gasteiger partial charge in [-0.1, -0.05) is 90.4 Å². The molecule has 6 atom stereocenters. The quantitative estimate of drug-likeness (QED) is 0.169. The van der Waals surface area contributed by atoms with E-state index in [0.29, 0.717) is 19.4 Å². The number of aliphatic hydroxyl groups excluding tert-OH is 3. The molecular weight excluding hydrogens is 434 g/mol. The second-order valence-corrected chi connectivity index (χ2v) is 10.1. The Morgan fingerprint density at radius 3 is 1.82 bits per heavy atom. The predicted molar refractivity (Wildman–Crippen MR) is 137 cm³/mol. The lowest BCUT2D eigenvalue weighted by Gasteiger charge is -2.41. The van der Waals surface area contributed by atoms with Crippen molar-refractivity contribution in [3.05, 3.63) is 0 Å². The molecule has 204 valence electrons. The lowest BCUT2D eigenvalue weighted by Crippen LogP contribution is -2.61. The van der Waals surface area contributed by atoms with Crippen molar-refractivity contribution >= 4 is 0 Å². The van der Waals surface area contributed by atoms with Crippen molar-refractivity contribution in [1.29, 1.82) is 0 Å². The summed E-state index contributed by atoms with van der Waals surface area (Å²) >= 11 is 0. The highest BCUT2D eigenvalue weighted by Crippen LogP contribution is 2.23. The smallest absolute Gasteiger partial charge is 0.110 e. The average molecular weight is 490 g/mol. The van der Waals surface area contributed by atoms with E-state index in [2.05, 4.69) is 6.92 Å². The Labute approximate surface area is 208 Å². The molecule has 0 aromatic heterocycles. The van der Waals surface area contributed by atoms with E-state index >= 15 is 0 Å². The summed E-state index contributed by atoms with van der Waals surface area (Å²) in [6.07, 6.45) is 16.5. The van der Waals surface area contributed by atoms with Gasteiger partial charge in [-0.2, -0.15) is 0 Å². The molecule has 0 saturated carbocycles. The highest BCUT2D eigenvalue weighted by atomic mass is 16.5.